The topological polar surface area (TPSA) is 49.8 Å². The first kappa shape index (κ1) is 13.4. The van der Waals surface area contributed by atoms with E-state index >= 15 is 0 Å². The summed E-state index contributed by atoms with van der Waals surface area (Å²) in [4.78, 5) is 12.8. The Kier molecular flexibility index (Phi) is 4.26. The Labute approximate surface area is 108 Å². The molecule has 1 spiro atoms. The predicted molar refractivity (Wildman–Crippen MR) is 68.2 cm³/mol. The van der Waals surface area contributed by atoms with Gasteiger partial charge in [-0.05, 0) is 25.7 Å². The predicted octanol–water partition coefficient (Wildman–Crippen LogP) is 1.50. The maximum atomic E-state index is 10.9. The van der Waals surface area contributed by atoms with Gasteiger partial charge in [0, 0.05) is 12.6 Å². The molecule has 4 nitrogen and oxygen atoms in total. The molecule has 2 aliphatic rings. The molecule has 1 aliphatic heterocycles. The smallest absolute Gasteiger partial charge is 0.317 e. The van der Waals surface area contributed by atoms with E-state index in [-0.39, 0.29) is 18.2 Å². The highest BCUT2D eigenvalue weighted by Gasteiger charge is 2.41. The molecule has 1 heterocycles. The number of terminal acetylenes is 1. The molecule has 100 valence electrons. The largest absolute Gasteiger partial charge is 0.480 e. The summed E-state index contributed by atoms with van der Waals surface area (Å²) in [5.74, 6) is 1.76. The lowest BCUT2D eigenvalue weighted by Gasteiger charge is -2.42. The number of carbonyl (C=O) groups is 1. The minimum Gasteiger partial charge on any atom is -0.480 e. The number of ether oxygens (including phenoxy) is 1. The van der Waals surface area contributed by atoms with Crippen molar-refractivity contribution in [2.24, 2.45) is 0 Å². The van der Waals surface area contributed by atoms with Crippen LogP contribution < -0.4 is 0 Å². The van der Waals surface area contributed by atoms with Gasteiger partial charge in [-0.2, -0.15) is 0 Å². The molecule has 1 aliphatic carbocycles. The van der Waals surface area contributed by atoms with Crippen LogP contribution in [0.25, 0.3) is 0 Å². The van der Waals surface area contributed by atoms with E-state index in [9.17, 15) is 4.79 Å². The zero-order chi connectivity index (χ0) is 13.0. The van der Waals surface area contributed by atoms with Gasteiger partial charge in [0.15, 0.2) is 0 Å². The molecule has 0 aromatic heterocycles. The molecule has 2 rings (SSSR count). The van der Waals surface area contributed by atoms with Crippen LogP contribution in [0.4, 0.5) is 0 Å². The first-order chi connectivity index (χ1) is 8.65. The maximum Gasteiger partial charge on any atom is 0.317 e. The van der Waals surface area contributed by atoms with Crippen LogP contribution in [0.1, 0.15) is 38.5 Å². The summed E-state index contributed by atoms with van der Waals surface area (Å²) in [6.45, 7) is 1.17. The molecule has 18 heavy (non-hydrogen) atoms. The highest BCUT2D eigenvalue weighted by Crippen LogP contribution is 2.41. The number of hydrogen-bond donors (Lipinski definition) is 1. The van der Waals surface area contributed by atoms with Crippen molar-refractivity contribution in [3.63, 3.8) is 0 Å². The van der Waals surface area contributed by atoms with E-state index in [0.29, 0.717) is 6.54 Å². The fraction of sp³-hybridized carbons (Fsp3) is 0.786. The molecule has 4 heteroatoms. The summed E-state index contributed by atoms with van der Waals surface area (Å²) in [5, 5.41) is 8.96. The third kappa shape index (κ3) is 3.04. The summed E-state index contributed by atoms with van der Waals surface area (Å²) in [6.07, 6.45) is 11.8. The van der Waals surface area contributed by atoms with Gasteiger partial charge in [0.1, 0.15) is 0 Å². The molecule has 0 radical (unpaired) electrons. The molecule has 2 fully saturated rings. The van der Waals surface area contributed by atoms with Crippen LogP contribution in [-0.2, 0) is 9.53 Å². The van der Waals surface area contributed by atoms with Crippen LogP contribution in [0.15, 0.2) is 0 Å². The van der Waals surface area contributed by atoms with E-state index in [1.807, 2.05) is 4.90 Å². The van der Waals surface area contributed by atoms with Gasteiger partial charge in [0.2, 0.25) is 0 Å². The Hall–Kier alpha value is -1.05. The first-order valence-corrected chi connectivity index (χ1v) is 6.68. The molecule has 0 aromatic carbocycles. The normalized spacial score (nSPS) is 26.3. The third-order valence-corrected chi connectivity index (χ3v) is 4.13. The van der Waals surface area contributed by atoms with E-state index in [1.54, 1.807) is 0 Å². The first-order valence-electron chi connectivity index (χ1n) is 6.68. The van der Waals surface area contributed by atoms with Crippen LogP contribution >= 0.6 is 0 Å². The summed E-state index contributed by atoms with van der Waals surface area (Å²) < 4.78 is 5.96. The van der Waals surface area contributed by atoms with Gasteiger partial charge >= 0.3 is 5.97 Å². The van der Waals surface area contributed by atoms with E-state index in [0.717, 1.165) is 32.3 Å². The molecular weight excluding hydrogens is 230 g/mol. The fourth-order valence-electron chi connectivity index (χ4n) is 3.29. The van der Waals surface area contributed by atoms with E-state index in [1.165, 1.54) is 12.8 Å². The van der Waals surface area contributed by atoms with Crippen LogP contribution in [0.3, 0.4) is 0 Å². The molecular formula is C14H21NO3. The van der Waals surface area contributed by atoms with Crippen molar-refractivity contribution >= 4 is 5.97 Å². The zero-order valence-corrected chi connectivity index (χ0v) is 10.7. The Bertz CT molecular complexity index is 341. The minimum atomic E-state index is -0.808. The van der Waals surface area contributed by atoms with Crippen LogP contribution in [0.5, 0.6) is 0 Å². The zero-order valence-electron chi connectivity index (χ0n) is 10.7. The average molecular weight is 251 g/mol. The fourth-order valence-corrected chi connectivity index (χ4v) is 3.29. The van der Waals surface area contributed by atoms with Crippen molar-refractivity contribution < 1.29 is 14.6 Å². The van der Waals surface area contributed by atoms with Crippen LogP contribution in [0.2, 0.25) is 0 Å². The van der Waals surface area contributed by atoms with Gasteiger partial charge in [0.05, 0.1) is 18.7 Å². The van der Waals surface area contributed by atoms with E-state index in [2.05, 4.69) is 5.92 Å². The highest BCUT2D eigenvalue weighted by molar-refractivity contribution is 5.69. The second-order valence-corrected chi connectivity index (χ2v) is 5.39. The summed E-state index contributed by atoms with van der Waals surface area (Å²) in [7, 11) is 0. The van der Waals surface area contributed by atoms with Gasteiger partial charge in [-0.3, -0.25) is 9.69 Å². The number of carboxylic acids is 1. The summed E-state index contributed by atoms with van der Waals surface area (Å²) in [5.41, 5.74) is 0.00820. The molecule has 1 N–H and O–H groups in total. The lowest BCUT2D eigenvalue weighted by atomic mass is 9.88. The van der Waals surface area contributed by atoms with Crippen LogP contribution in [0, 0.1) is 12.3 Å². The maximum absolute atomic E-state index is 10.9. The monoisotopic (exact) mass is 251 g/mol. The third-order valence-electron chi connectivity index (χ3n) is 4.13. The molecule has 0 amide bonds. The Morgan fingerprint density at radius 2 is 2.22 bits per heavy atom. The molecule has 1 saturated heterocycles. The lowest BCUT2D eigenvalue weighted by molar-refractivity contribution is -0.141. The van der Waals surface area contributed by atoms with Crippen molar-refractivity contribution in [3.05, 3.63) is 0 Å². The second-order valence-electron chi connectivity index (χ2n) is 5.39. The van der Waals surface area contributed by atoms with Gasteiger partial charge in [0.25, 0.3) is 0 Å². The minimum absolute atomic E-state index is 0.00820. The number of rotatable bonds is 4. The van der Waals surface area contributed by atoms with Gasteiger partial charge in [-0.1, -0.05) is 18.8 Å². The quantitative estimate of drug-likeness (QED) is 0.769. The molecule has 1 unspecified atom stereocenters. The van der Waals surface area contributed by atoms with Crippen LogP contribution in [-0.4, -0.2) is 47.3 Å². The van der Waals surface area contributed by atoms with Crippen molar-refractivity contribution in [2.45, 2.75) is 50.2 Å². The summed E-state index contributed by atoms with van der Waals surface area (Å²) in [6, 6.07) is 0.254. The highest BCUT2D eigenvalue weighted by atomic mass is 16.5. The molecule has 0 aromatic rings. The van der Waals surface area contributed by atoms with Gasteiger partial charge < -0.3 is 9.84 Å². The average Bonchev–Trinajstić information content (AvgIpc) is 2.76. The SMILES string of the molecule is C#CCN(CC(=O)O)C1CCOC2(CCCC2)C1. The second kappa shape index (κ2) is 5.73. The Morgan fingerprint density at radius 3 is 2.83 bits per heavy atom. The number of carboxylic acid groups (broad SMARTS) is 1. The van der Waals surface area contributed by atoms with Gasteiger partial charge in [-0.15, -0.1) is 6.42 Å². The van der Waals surface area contributed by atoms with Crippen molar-refractivity contribution in [2.75, 3.05) is 19.7 Å². The lowest BCUT2D eigenvalue weighted by Crippen LogP contribution is -2.49. The standard InChI is InChI=1S/C14H21NO3/c1-2-8-15(11-13(16)17)12-5-9-18-14(10-12)6-3-4-7-14/h1,12H,3-11H2,(H,16,17). The Morgan fingerprint density at radius 1 is 1.50 bits per heavy atom. The van der Waals surface area contributed by atoms with E-state index < -0.39 is 5.97 Å². The molecule has 1 saturated carbocycles. The van der Waals surface area contributed by atoms with E-state index in [4.69, 9.17) is 16.3 Å². The Balaban J connectivity index is 2.01. The molecule has 1 atom stereocenters. The van der Waals surface area contributed by atoms with Gasteiger partial charge in [-0.25, -0.2) is 0 Å². The number of hydrogen-bond acceptors (Lipinski definition) is 3. The molecule has 0 bridgehead atoms. The van der Waals surface area contributed by atoms with Crippen molar-refractivity contribution in [1.29, 1.82) is 0 Å². The summed E-state index contributed by atoms with van der Waals surface area (Å²) >= 11 is 0. The van der Waals surface area contributed by atoms with Crippen molar-refractivity contribution in [1.82, 2.24) is 4.90 Å². The number of aliphatic carboxylic acids is 1. The number of nitrogens with zero attached hydrogens (tertiary/aromatic N) is 1. The van der Waals surface area contributed by atoms with Crippen molar-refractivity contribution in [3.8, 4) is 12.3 Å².